The van der Waals surface area contributed by atoms with Gasteiger partial charge in [-0.3, -0.25) is 14.6 Å². The number of nitrogens with one attached hydrogen (secondary N) is 1. The van der Waals surface area contributed by atoms with Crippen LogP contribution >= 0.6 is 0 Å². The number of halogens is 5. The fourth-order valence-corrected chi connectivity index (χ4v) is 6.01. The largest absolute Gasteiger partial charge is 0.416 e. The highest BCUT2D eigenvalue weighted by molar-refractivity contribution is 6.05. The third-order valence-corrected chi connectivity index (χ3v) is 8.28. The van der Waals surface area contributed by atoms with Gasteiger partial charge in [-0.05, 0) is 55.7 Å². The molecule has 0 radical (unpaired) electrons. The lowest BCUT2D eigenvalue weighted by Crippen LogP contribution is -2.53. The molecule has 236 valence electrons. The monoisotopic (exact) mass is 629 g/mol. The number of amidine groups is 1. The Morgan fingerprint density at radius 1 is 1.09 bits per heavy atom. The molecule has 0 bridgehead atoms. The van der Waals surface area contributed by atoms with Crippen LogP contribution in [-0.2, 0) is 11.0 Å². The Balaban J connectivity index is 1.21. The van der Waals surface area contributed by atoms with E-state index in [0.29, 0.717) is 48.8 Å². The van der Waals surface area contributed by atoms with Crippen LogP contribution in [0.5, 0.6) is 0 Å². The van der Waals surface area contributed by atoms with Crippen LogP contribution in [0, 0.1) is 5.92 Å². The molecule has 0 spiro atoms. The molecule has 2 atom stereocenters. The van der Waals surface area contributed by atoms with E-state index in [-0.39, 0.29) is 41.3 Å². The fraction of sp³-hybridized carbons (Fsp3) is 0.367. The minimum Gasteiger partial charge on any atom is -0.351 e. The maximum atomic E-state index is 14.0. The summed E-state index contributed by atoms with van der Waals surface area (Å²) in [5, 5.41) is 2.38. The number of carbonyl (C=O) groups is 2. The Morgan fingerprint density at radius 3 is 2.60 bits per heavy atom. The van der Waals surface area contributed by atoms with Crippen LogP contribution in [-0.4, -0.2) is 75.3 Å². The quantitative estimate of drug-likeness (QED) is 0.287. The third kappa shape index (κ3) is 6.09. The molecule has 0 saturated carbocycles. The molecular formula is C30H30F5N8O2+. The smallest absolute Gasteiger partial charge is 0.351 e. The Hall–Kier alpha value is -4.50. The topological polar surface area (TPSA) is 116 Å². The number of allylic oxidation sites excluding steroid dienone is 1. The van der Waals surface area contributed by atoms with Crippen LogP contribution < -0.4 is 11.2 Å². The molecule has 6 rings (SSSR count). The van der Waals surface area contributed by atoms with Crippen LogP contribution in [0.1, 0.15) is 47.2 Å². The molecule has 3 N–H and O–H groups in total. The summed E-state index contributed by atoms with van der Waals surface area (Å²) in [6.45, 7) is 0.613. The zero-order chi connectivity index (χ0) is 32.0. The number of aliphatic imine (C=N–C) groups is 2. The number of amides is 2. The number of benzene rings is 1. The maximum absolute atomic E-state index is 14.0. The number of carbonyl (C=O) groups excluding carboxylic acids is 2. The van der Waals surface area contributed by atoms with Crippen molar-refractivity contribution >= 4 is 29.7 Å². The summed E-state index contributed by atoms with van der Waals surface area (Å²) < 4.78 is 66.9. The highest BCUT2D eigenvalue weighted by Gasteiger charge is 2.47. The number of nitrogens with zero attached hydrogens (tertiary/aromatic N) is 6. The molecular weight excluding hydrogens is 599 g/mol. The first-order valence-corrected chi connectivity index (χ1v) is 14.4. The Bertz CT molecular complexity index is 1640. The van der Waals surface area contributed by atoms with Crippen LogP contribution in [0.3, 0.4) is 0 Å². The van der Waals surface area contributed by atoms with Crippen LogP contribution in [0.25, 0.3) is 0 Å². The predicted molar refractivity (Wildman–Crippen MR) is 154 cm³/mol. The molecule has 2 saturated heterocycles. The number of nitrogens with two attached hydrogens (primary N) is 1. The average molecular weight is 630 g/mol. The molecule has 15 heteroatoms. The first-order chi connectivity index (χ1) is 21.3. The van der Waals surface area contributed by atoms with Gasteiger partial charge in [0.05, 0.1) is 36.0 Å². The number of rotatable bonds is 5. The molecule has 45 heavy (non-hydrogen) atoms. The molecule has 10 nitrogen and oxygen atoms in total. The van der Waals surface area contributed by atoms with Crippen molar-refractivity contribution in [1.82, 2.24) is 14.8 Å². The van der Waals surface area contributed by atoms with E-state index < -0.39 is 36.0 Å². The number of fused-ring (bicyclic) bond motifs is 1. The molecule has 2 amide bonds. The third-order valence-electron chi connectivity index (χ3n) is 8.28. The first kappa shape index (κ1) is 30.5. The normalized spacial score (nSPS) is 24.4. The van der Waals surface area contributed by atoms with Gasteiger partial charge >= 0.3 is 6.18 Å². The van der Waals surface area contributed by atoms with E-state index >= 15 is 0 Å². The van der Waals surface area contributed by atoms with Gasteiger partial charge in [0.2, 0.25) is 17.4 Å². The van der Waals surface area contributed by atoms with E-state index in [2.05, 4.69) is 15.3 Å². The van der Waals surface area contributed by atoms with Gasteiger partial charge in [-0.1, -0.05) is 0 Å². The molecule has 2 fully saturated rings. The summed E-state index contributed by atoms with van der Waals surface area (Å²) >= 11 is 0. The molecule has 2 unspecified atom stereocenters. The van der Waals surface area contributed by atoms with Gasteiger partial charge in [-0.25, -0.2) is 13.8 Å². The molecule has 4 aliphatic heterocycles. The number of anilines is 1. The van der Waals surface area contributed by atoms with Crippen molar-refractivity contribution < 1.29 is 36.1 Å². The number of pyridine rings is 1. The second kappa shape index (κ2) is 11.5. The second-order valence-corrected chi connectivity index (χ2v) is 11.5. The predicted octanol–water partition coefficient (Wildman–Crippen LogP) is 4.50. The van der Waals surface area contributed by atoms with Gasteiger partial charge < -0.3 is 15.1 Å². The van der Waals surface area contributed by atoms with Crippen molar-refractivity contribution in [3.05, 3.63) is 83.2 Å². The van der Waals surface area contributed by atoms with E-state index in [4.69, 9.17) is 10.8 Å². The highest BCUT2D eigenvalue weighted by Crippen LogP contribution is 2.36. The van der Waals surface area contributed by atoms with Crippen LogP contribution in [0.15, 0.2) is 76.5 Å². The number of hydrogen-bond acceptors (Lipinski definition) is 7. The van der Waals surface area contributed by atoms with Crippen molar-refractivity contribution in [2.24, 2.45) is 21.7 Å². The van der Waals surface area contributed by atoms with Crippen molar-refractivity contribution in [2.45, 2.75) is 37.8 Å². The Kier molecular flexibility index (Phi) is 7.77. The van der Waals surface area contributed by atoms with E-state index in [0.717, 1.165) is 18.3 Å². The van der Waals surface area contributed by atoms with Gasteiger partial charge in [0.15, 0.2) is 0 Å². The number of hydrogen-bond donors (Lipinski definition) is 2. The van der Waals surface area contributed by atoms with E-state index in [1.54, 1.807) is 24.5 Å². The number of aromatic nitrogens is 1. The number of quaternary nitrogens is 1. The summed E-state index contributed by atoms with van der Waals surface area (Å²) in [5.74, 6) is 3.22. The van der Waals surface area contributed by atoms with Crippen molar-refractivity contribution in [3.63, 3.8) is 0 Å². The van der Waals surface area contributed by atoms with Crippen molar-refractivity contribution in [2.75, 3.05) is 31.5 Å². The first-order valence-electron chi connectivity index (χ1n) is 14.4. The molecule has 1 aromatic carbocycles. The maximum Gasteiger partial charge on any atom is 0.416 e. The minimum atomic E-state index is -4.58. The SMILES string of the molecule is N[N+]12C=CN=CC1=C(N1CCCC(C(=O)N3CCCC(F)(F)C3)C1)N=C2c1ccc(C(=O)Nc2cc(C(F)(F)F)ccn2)cc1. The molecule has 0 aliphatic carbocycles. The summed E-state index contributed by atoms with van der Waals surface area (Å²) in [4.78, 5) is 42.1. The molecule has 1 aromatic heterocycles. The van der Waals surface area contributed by atoms with Crippen molar-refractivity contribution in [1.29, 1.82) is 0 Å². The van der Waals surface area contributed by atoms with Crippen LogP contribution in [0.4, 0.5) is 27.8 Å². The van der Waals surface area contributed by atoms with Gasteiger partial charge in [0.25, 0.3) is 17.7 Å². The zero-order valence-electron chi connectivity index (χ0n) is 24.0. The number of alkyl halides is 5. The fourth-order valence-electron chi connectivity index (χ4n) is 6.01. The number of piperidine rings is 2. The molecule has 5 heterocycles. The van der Waals surface area contributed by atoms with Gasteiger partial charge in [0, 0.05) is 37.8 Å². The summed E-state index contributed by atoms with van der Waals surface area (Å²) in [5.41, 5.74) is 0.361. The van der Waals surface area contributed by atoms with Gasteiger partial charge in [-0.2, -0.15) is 24.0 Å². The zero-order valence-corrected chi connectivity index (χ0v) is 24.0. The minimum absolute atomic E-state index is 0.171. The standard InChI is InChI=1S/C30H29F5N8O2/c31-29(32)9-2-13-42(18-29)28(45)21-3-1-12-41(17-21)25-23-16-37-11-14-43(23,36)26(40-25)19-4-6-20(7-5-19)27(44)39-24-15-22(8-10-38-24)30(33,34)35/h4-8,10-11,14-16,21H,1-3,9,12-13,17-18,36H2/p+1. The van der Waals surface area contributed by atoms with E-state index in [9.17, 15) is 31.5 Å². The van der Waals surface area contributed by atoms with Crippen molar-refractivity contribution in [3.8, 4) is 0 Å². The summed E-state index contributed by atoms with van der Waals surface area (Å²) in [6.07, 6.45) is 2.42. The Labute approximate surface area is 255 Å². The molecule has 4 aliphatic rings. The lowest BCUT2D eigenvalue weighted by molar-refractivity contribution is -0.750. The highest BCUT2D eigenvalue weighted by atomic mass is 19.4. The van der Waals surface area contributed by atoms with E-state index in [1.807, 2.05) is 4.90 Å². The summed E-state index contributed by atoms with van der Waals surface area (Å²) in [6, 6.07) is 7.80. The lowest BCUT2D eigenvalue weighted by atomic mass is 9.95. The van der Waals surface area contributed by atoms with Gasteiger partial charge in [0.1, 0.15) is 12.0 Å². The van der Waals surface area contributed by atoms with Crippen LogP contribution in [0.2, 0.25) is 0 Å². The second-order valence-electron chi connectivity index (χ2n) is 11.5. The molecule has 2 aromatic rings. The average Bonchev–Trinajstić information content (AvgIpc) is 3.33. The lowest BCUT2D eigenvalue weighted by Gasteiger charge is -2.38. The van der Waals surface area contributed by atoms with E-state index in [1.165, 1.54) is 23.2 Å². The summed E-state index contributed by atoms with van der Waals surface area (Å²) in [7, 11) is 0. The Morgan fingerprint density at radius 2 is 1.87 bits per heavy atom. The van der Waals surface area contributed by atoms with Gasteiger partial charge in [-0.15, -0.1) is 4.59 Å². The number of likely N-dealkylation sites (tertiary alicyclic amines) is 2.